The van der Waals surface area contributed by atoms with Gasteiger partial charge in [0.15, 0.2) is 6.29 Å². The van der Waals surface area contributed by atoms with Crippen molar-refractivity contribution in [3.05, 3.63) is 35.4 Å². The monoisotopic (exact) mass is 347 g/mol. The number of halogens is 2. The highest BCUT2D eigenvalue weighted by Crippen LogP contribution is 2.27. The summed E-state index contributed by atoms with van der Waals surface area (Å²) in [5.41, 5.74) is 0.167. The molecule has 0 radical (unpaired) electrons. The van der Waals surface area contributed by atoms with E-state index >= 15 is 0 Å². The van der Waals surface area contributed by atoms with E-state index < -0.39 is 33.8 Å². The van der Waals surface area contributed by atoms with E-state index in [0.29, 0.717) is 26.1 Å². The molecule has 0 saturated carbocycles. The van der Waals surface area contributed by atoms with Crippen LogP contribution in [-0.4, -0.2) is 28.8 Å². The molecular formula is C16H23F2NO3S. The van der Waals surface area contributed by atoms with Gasteiger partial charge < -0.3 is 14.0 Å². The number of nitrogens with one attached hydrogen (secondary N) is 1. The van der Waals surface area contributed by atoms with Crippen molar-refractivity contribution in [3.8, 4) is 0 Å². The molecule has 0 amide bonds. The van der Waals surface area contributed by atoms with Crippen molar-refractivity contribution < 1.29 is 22.8 Å². The molecule has 2 rings (SSSR count). The Morgan fingerprint density at radius 2 is 1.96 bits per heavy atom. The Balaban J connectivity index is 2.14. The van der Waals surface area contributed by atoms with Crippen molar-refractivity contribution in [1.29, 1.82) is 0 Å². The Labute approximate surface area is 138 Å². The Hall–Kier alpha value is -0.730. The van der Waals surface area contributed by atoms with Crippen molar-refractivity contribution in [2.45, 2.75) is 50.7 Å². The quantitative estimate of drug-likeness (QED) is 0.803. The van der Waals surface area contributed by atoms with Crippen LogP contribution in [0.2, 0.25) is 0 Å². The average Bonchev–Trinajstić information content (AvgIpc) is 2.98. The fourth-order valence-corrected chi connectivity index (χ4v) is 3.10. The van der Waals surface area contributed by atoms with Gasteiger partial charge in [0.05, 0.1) is 19.3 Å². The van der Waals surface area contributed by atoms with E-state index in [1.807, 2.05) is 20.8 Å². The SMILES string of the molecule is CC(C)(C)[S+]([O-])N[C@H](CCC1OCCO1)c1cc(F)ccc1F. The average molecular weight is 347 g/mol. The van der Waals surface area contributed by atoms with Crippen LogP contribution in [0.3, 0.4) is 0 Å². The van der Waals surface area contributed by atoms with Gasteiger partial charge in [-0.05, 0) is 45.4 Å². The Kier molecular flexibility index (Phi) is 6.39. The molecule has 0 spiro atoms. The second-order valence-electron chi connectivity index (χ2n) is 6.47. The summed E-state index contributed by atoms with van der Waals surface area (Å²) in [6.07, 6.45) is 0.584. The first-order chi connectivity index (χ1) is 10.8. The van der Waals surface area contributed by atoms with Crippen molar-refractivity contribution >= 4 is 11.4 Å². The summed E-state index contributed by atoms with van der Waals surface area (Å²) in [6.45, 7) is 6.52. The molecule has 23 heavy (non-hydrogen) atoms. The summed E-state index contributed by atoms with van der Waals surface area (Å²) in [4.78, 5) is 0. The van der Waals surface area contributed by atoms with Crippen LogP contribution in [0.25, 0.3) is 0 Å². The molecule has 1 aliphatic heterocycles. The predicted molar refractivity (Wildman–Crippen MR) is 85.1 cm³/mol. The Morgan fingerprint density at radius 1 is 1.30 bits per heavy atom. The summed E-state index contributed by atoms with van der Waals surface area (Å²) in [5.74, 6) is -1.05. The van der Waals surface area contributed by atoms with Gasteiger partial charge >= 0.3 is 0 Å². The third kappa shape index (κ3) is 5.39. The maximum Gasteiger partial charge on any atom is 0.157 e. The highest BCUT2D eigenvalue weighted by atomic mass is 32.2. The summed E-state index contributed by atoms with van der Waals surface area (Å²) in [5, 5.41) is 0. The lowest BCUT2D eigenvalue weighted by atomic mass is 10.0. The molecule has 130 valence electrons. The minimum Gasteiger partial charge on any atom is -0.598 e. The van der Waals surface area contributed by atoms with Crippen LogP contribution in [-0.2, 0) is 20.8 Å². The third-order valence-electron chi connectivity index (χ3n) is 3.52. The lowest BCUT2D eigenvalue weighted by molar-refractivity contribution is -0.0489. The summed E-state index contributed by atoms with van der Waals surface area (Å²) >= 11 is -1.41. The van der Waals surface area contributed by atoms with Crippen molar-refractivity contribution in [2.75, 3.05) is 13.2 Å². The van der Waals surface area contributed by atoms with E-state index in [2.05, 4.69) is 4.72 Å². The van der Waals surface area contributed by atoms with Crippen LogP contribution in [0.15, 0.2) is 18.2 Å². The van der Waals surface area contributed by atoms with Gasteiger partial charge in [0.2, 0.25) is 0 Å². The molecule has 1 aliphatic rings. The normalized spacial score (nSPS) is 19.0. The molecule has 2 atom stereocenters. The van der Waals surface area contributed by atoms with E-state index in [9.17, 15) is 13.3 Å². The molecular weight excluding hydrogens is 324 g/mol. The minimum atomic E-state index is -1.41. The third-order valence-corrected chi connectivity index (χ3v) is 5.13. The summed E-state index contributed by atoms with van der Waals surface area (Å²) < 4.78 is 53.1. The summed E-state index contributed by atoms with van der Waals surface area (Å²) in [6, 6.07) is 2.71. The maximum absolute atomic E-state index is 14.1. The van der Waals surface area contributed by atoms with E-state index in [0.717, 1.165) is 18.2 Å². The van der Waals surface area contributed by atoms with E-state index in [-0.39, 0.29) is 11.9 Å². The van der Waals surface area contributed by atoms with Gasteiger partial charge in [-0.3, -0.25) is 0 Å². The fraction of sp³-hybridized carbons (Fsp3) is 0.625. The number of hydrogen-bond acceptors (Lipinski definition) is 4. The van der Waals surface area contributed by atoms with E-state index in [4.69, 9.17) is 9.47 Å². The van der Waals surface area contributed by atoms with Gasteiger partial charge in [0.1, 0.15) is 16.4 Å². The zero-order chi connectivity index (χ0) is 17.0. The molecule has 0 aliphatic carbocycles. The molecule has 0 bridgehead atoms. The second-order valence-corrected chi connectivity index (χ2v) is 8.46. The lowest BCUT2D eigenvalue weighted by Crippen LogP contribution is -2.41. The molecule has 1 fully saturated rings. The van der Waals surface area contributed by atoms with Crippen LogP contribution < -0.4 is 4.72 Å². The standard InChI is InChI=1S/C16H23F2NO3S/c1-16(2,3)23(20)19-14(6-7-15-21-8-9-22-15)12-10-11(17)4-5-13(12)18/h4-5,10,14-15,19H,6-9H2,1-3H3/t14-,23?/m1/s1. The van der Waals surface area contributed by atoms with Gasteiger partial charge in [0, 0.05) is 23.3 Å². The fourth-order valence-electron chi connectivity index (χ4n) is 2.24. The van der Waals surface area contributed by atoms with E-state index in [1.54, 1.807) is 0 Å². The van der Waals surface area contributed by atoms with Gasteiger partial charge in [0.25, 0.3) is 0 Å². The molecule has 1 N–H and O–H groups in total. The van der Waals surface area contributed by atoms with Crippen molar-refractivity contribution in [3.63, 3.8) is 0 Å². The highest BCUT2D eigenvalue weighted by Gasteiger charge is 2.31. The second kappa shape index (κ2) is 7.90. The van der Waals surface area contributed by atoms with Crippen LogP contribution >= 0.6 is 0 Å². The molecule has 1 aromatic carbocycles. The maximum atomic E-state index is 14.1. The van der Waals surface area contributed by atoms with Crippen LogP contribution in [0.1, 0.15) is 45.2 Å². The zero-order valence-electron chi connectivity index (χ0n) is 13.6. The first kappa shape index (κ1) is 18.6. The lowest BCUT2D eigenvalue weighted by Gasteiger charge is -2.28. The van der Waals surface area contributed by atoms with Gasteiger partial charge in [-0.2, -0.15) is 0 Å². The Bertz CT molecular complexity index is 519. The van der Waals surface area contributed by atoms with Gasteiger partial charge in [-0.1, -0.05) is 0 Å². The van der Waals surface area contributed by atoms with E-state index in [1.165, 1.54) is 0 Å². The first-order valence-electron chi connectivity index (χ1n) is 7.63. The molecule has 0 aromatic heterocycles. The smallest absolute Gasteiger partial charge is 0.157 e. The predicted octanol–water partition coefficient (Wildman–Crippen LogP) is 3.21. The van der Waals surface area contributed by atoms with Crippen LogP contribution in [0, 0.1) is 11.6 Å². The number of benzene rings is 1. The molecule has 1 heterocycles. The molecule has 4 nitrogen and oxygen atoms in total. The van der Waals surface area contributed by atoms with Crippen LogP contribution in [0.4, 0.5) is 8.78 Å². The summed E-state index contributed by atoms with van der Waals surface area (Å²) in [7, 11) is 0. The topological polar surface area (TPSA) is 53.5 Å². The van der Waals surface area contributed by atoms with Gasteiger partial charge in [-0.15, -0.1) is 4.72 Å². The first-order valence-corrected chi connectivity index (χ1v) is 8.78. The van der Waals surface area contributed by atoms with Gasteiger partial charge in [-0.25, -0.2) is 8.78 Å². The van der Waals surface area contributed by atoms with Crippen molar-refractivity contribution in [2.24, 2.45) is 0 Å². The number of rotatable bonds is 6. The molecule has 1 saturated heterocycles. The highest BCUT2D eigenvalue weighted by molar-refractivity contribution is 7.90. The van der Waals surface area contributed by atoms with Crippen LogP contribution in [0.5, 0.6) is 0 Å². The molecule has 1 unspecified atom stereocenters. The largest absolute Gasteiger partial charge is 0.598 e. The van der Waals surface area contributed by atoms with Crippen molar-refractivity contribution in [1.82, 2.24) is 4.72 Å². The number of hydrogen-bond donors (Lipinski definition) is 1. The number of ether oxygens (including phenoxy) is 2. The Morgan fingerprint density at radius 3 is 2.57 bits per heavy atom. The molecule has 1 aromatic rings. The minimum absolute atomic E-state index is 0.167. The zero-order valence-corrected chi connectivity index (χ0v) is 14.4. The molecule has 7 heteroatoms.